The monoisotopic (exact) mass is 1270 g/mol. The smallest absolute Gasteiger partial charge is 0.328 e. The first-order valence-electron chi connectivity index (χ1n) is 30.1. The number of aromatic amines is 1. The summed E-state index contributed by atoms with van der Waals surface area (Å²) >= 11 is 0. The third kappa shape index (κ3) is 24.0. The molecule has 1 aliphatic carbocycles. The second-order valence-corrected chi connectivity index (χ2v) is 23.0. The number of amides is 9. The number of phenolic OH excluding ortho intramolecular Hbond substituents is 1. The summed E-state index contributed by atoms with van der Waals surface area (Å²) in [5.74, 6) is -12.1. The number of aliphatic carboxylic acids is 2. The van der Waals surface area contributed by atoms with Gasteiger partial charge < -0.3 is 89.8 Å². The van der Waals surface area contributed by atoms with Gasteiger partial charge in [0.1, 0.15) is 60.1 Å². The van der Waals surface area contributed by atoms with Crippen molar-refractivity contribution in [1.29, 1.82) is 0 Å². The summed E-state index contributed by atoms with van der Waals surface area (Å²) in [6.45, 7) is 2.52. The first-order valence-corrected chi connectivity index (χ1v) is 30.1. The summed E-state index contributed by atoms with van der Waals surface area (Å²) in [4.78, 5) is 157. The molecule has 5 rings (SSSR count). The van der Waals surface area contributed by atoms with Crippen molar-refractivity contribution in [2.24, 2.45) is 28.3 Å². The first-order chi connectivity index (χ1) is 43.3. The van der Waals surface area contributed by atoms with E-state index in [-0.39, 0.29) is 75.0 Å². The van der Waals surface area contributed by atoms with Crippen LogP contribution in [-0.2, 0) is 72.0 Å². The second-order valence-electron chi connectivity index (χ2n) is 23.0. The van der Waals surface area contributed by atoms with E-state index >= 15 is 0 Å². The lowest BCUT2D eigenvalue weighted by Gasteiger charge is -2.30. The summed E-state index contributed by atoms with van der Waals surface area (Å²) in [6, 6.07) is 7.20. The Bertz CT molecular complexity index is 3150. The van der Waals surface area contributed by atoms with Crippen molar-refractivity contribution in [3.8, 4) is 5.75 Å². The van der Waals surface area contributed by atoms with E-state index in [1.54, 1.807) is 74.6 Å². The number of aliphatic imine (C=N–C) groups is 1. The van der Waals surface area contributed by atoms with Crippen molar-refractivity contribution in [3.63, 3.8) is 0 Å². The van der Waals surface area contributed by atoms with Gasteiger partial charge in [0.2, 0.25) is 53.2 Å². The Labute approximate surface area is 525 Å². The zero-order valence-electron chi connectivity index (χ0n) is 51.1. The van der Waals surface area contributed by atoms with Gasteiger partial charge in [0, 0.05) is 49.8 Å². The Morgan fingerprint density at radius 3 is 1.58 bits per heavy atom. The molecule has 0 aliphatic heterocycles. The number of carboxylic acids is 2. The Kier molecular flexibility index (Phi) is 28.6. The molecular formula is C62H85N13O16. The van der Waals surface area contributed by atoms with E-state index in [0.717, 1.165) is 26.2 Å². The van der Waals surface area contributed by atoms with Crippen molar-refractivity contribution in [3.05, 3.63) is 102 Å². The molecule has 9 atom stereocenters. The SMILES string of the molecule is CC(=O)N[C@@H](CC(=O)O)C(=O)N[C@@H](CC1CCCCC1)C(=O)N[C@@H](Cc1ccccc1)C(=O)N[C@H](CO)C(=O)N[C@H](CCCN=C(N)N)C(=O)N[C@@H](Cc1ccc(O)cc1)C(=O)N[C@@H](CC(C)C)C(=O)N[C@@H](Cc1c[nH]c2ccccc12)C(=O)N[C@@H](CO)C(=O)O. The fourth-order valence-corrected chi connectivity index (χ4v) is 10.5. The van der Waals surface area contributed by atoms with Gasteiger partial charge in [-0.25, -0.2) is 4.79 Å². The third-order valence-electron chi connectivity index (χ3n) is 15.2. The Hall–Kier alpha value is -9.64. The summed E-state index contributed by atoms with van der Waals surface area (Å²) in [6.07, 6.45) is 4.14. The zero-order valence-corrected chi connectivity index (χ0v) is 51.1. The zero-order chi connectivity index (χ0) is 66.7. The van der Waals surface area contributed by atoms with Crippen LogP contribution in [-0.4, -0.2) is 176 Å². The molecule has 1 heterocycles. The third-order valence-corrected chi connectivity index (χ3v) is 15.2. The summed E-state index contributed by atoms with van der Waals surface area (Å²) in [7, 11) is 0. The van der Waals surface area contributed by atoms with E-state index in [1.807, 2.05) is 0 Å². The van der Waals surface area contributed by atoms with E-state index in [1.165, 1.54) is 24.3 Å². The average Bonchev–Trinajstić information content (AvgIpc) is 2.03. The molecule has 3 aromatic carbocycles. The lowest BCUT2D eigenvalue weighted by Crippen LogP contribution is -2.61. The van der Waals surface area contributed by atoms with E-state index in [2.05, 4.69) is 57.8 Å². The summed E-state index contributed by atoms with van der Waals surface area (Å²) < 4.78 is 0. The fourth-order valence-electron chi connectivity index (χ4n) is 10.5. The minimum atomic E-state index is -1.81. The predicted molar refractivity (Wildman–Crippen MR) is 332 cm³/mol. The maximum atomic E-state index is 14.7. The number of nitrogens with zero attached hydrogens (tertiary/aromatic N) is 1. The van der Waals surface area contributed by atoms with Crippen LogP contribution in [0.4, 0.5) is 0 Å². The fraction of sp³-hybridized carbons (Fsp3) is 0.484. The van der Waals surface area contributed by atoms with Crippen LogP contribution in [0.1, 0.15) is 102 Å². The van der Waals surface area contributed by atoms with Gasteiger partial charge in [-0.1, -0.05) is 107 Å². The number of nitrogens with two attached hydrogens (primary N) is 2. The number of H-pyrrole nitrogens is 1. The van der Waals surface area contributed by atoms with Crippen LogP contribution in [0.5, 0.6) is 5.75 Å². The van der Waals surface area contributed by atoms with Crippen molar-refractivity contribution < 1.29 is 78.3 Å². The lowest BCUT2D eigenvalue weighted by atomic mass is 9.84. The van der Waals surface area contributed by atoms with Gasteiger partial charge in [-0.2, -0.15) is 0 Å². The maximum absolute atomic E-state index is 14.7. The number of benzene rings is 3. The van der Waals surface area contributed by atoms with Crippen LogP contribution >= 0.6 is 0 Å². The van der Waals surface area contributed by atoms with Crippen LogP contribution in [0.25, 0.3) is 10.9 Å². The molecule has 9 amide bonds. The molecule has 0 saturated heterocycles. The molecule has 1 saturated carbocycles. The quantitative estimate of drug-likeness (QED) is 0.0146. The number of aromatic nitrogens is 1. The molecule has 1 aliphatic rings. The number of phenols is 1. The second kappa shape index (κ2) is 36.1. The number of guanidine groups is 1. The van der Waals surface area contributed by atoms with Crippen molar-refractivity contribution in [2.45, 2.75) is 159 Å². The lowest BCUT2D eigenvalue weighted by molar-refractivity contribution is -0.143. The molecular weight excluding hydrogens is 1180 g/mol. The molecule has 19 N–H and O–H groups in total. The number of carbonyl (C=O) groups excluding carboxylic acids is 9. The van der Waals surface area contributed by atoms with Crippen molar-refractivity contribution >= 4 is 82.0 Å². The van der Waals surface area contributed by atoms with Gasteiger partial charge in [0.15, 0.2) is 5.96 Å². The molecule has 0 bridgehead atoms. The number of rotatable bonds is 36. The number of carboxylic acid groups (broad SMARTS) is 2. The molecule has 0 spiro atoms. The first kappa shape index (κ1) is 72.1. The standard InChI is InChI=1S/C62H85N13O16/c1-34(2)25-44(54(83)73-48(58(87)75-51(33-77)61(90)91)29-39-31-66-42-18-11-10-17-41(39)42)69-55(84)47(28-38-20-22-40(79)23-21-38)70-53(82)43(19-12-24-65-62(63)64)68-60(89)50(32-76)74-57(86)46(27-37-15-8-5-9-16-37)71-56(85)45(26-36-13-6-4-7-14-36)72-59(88)49(30-52(80)81)67-35(3)78/h5,8-11,15-18,20-23,31,34,36,43-51,66,76-77,79H,4,6-7,12-14,19,24-30,32-33H2,1-3H3,(H,67,78)(H,68,89)(H,69,84)(H,70,82)(H,71,85)(H,72,88)(H,73,83)(H,74,86)(H,75,87)(H,80,81)(H,90,91)(H4,63,64,65)/t43-,44+,45+,46+,47+,48+,49+,50-,51+/m1/s1. The highest BCUT2D eigenvalue weighted by atomic mass is 16.4. The molecule has 494 valence electrons. The maximum Gasteiger partial charge on any atom is 0.328 e. The van der Waals surface area contributed by atoms with Gasteiger partial charge in [-0.15, -0.1) is 0 Å². The molecule has 0 unspecified atom stereocenters. The molecule has 91 heavy (non-hydrogen) atoms. The van der Waals surface area contributed by atoms with Crippen LogP contribution in [0.15, 0.2) is 90.1 Å². The molecule has 29 heteroatoms. The molecule has 1 aromatic heterocycles. The number of hydrogen-bond acceptors (Lipinski definition) is 15. The van der Waals surface area contributed by atoms with E-state index in [0.29, 0.717) is 40.4 Å². The Morgan fingerprint density at radius 2 is 1.02 bits per heavy atom. The van der Waals surface area contributed by atoms with Crippen molar-refractivity contribution in [1.82, 2.24) is 52.8 Å². The summed E-state index contributed by atoms with van der Waals surface area (Å²) in [5, 5.41) is 73.3. The molecule has 29 nitrogen and oxygen atoms in total. The number of fused-ring (bicyclic) bond motifs is 1. The van der Waals surface area contributed by atoms with E-state index < -0.39 is 139 Å². The van der Waals surface area contributed by atoms with Crippen LogP contribution < -0.4 is 59.3 Å². The summed E-state index contributed by atoms with van der Waals surface area (Å²) in [5.41, 5.74) is 13.3. The van der Waals surface area contributed by atoms with Crippen LogP contribution in [0, 0.1) is 11.8 Å². The van der Waals surface area contributed by atoms with Crippen molar-refractivity contribution in [2.75, 3.05) is 19.8 Å². The van der Waals surface area contributed by atoms with E-state index in [4.69, 9.17) is 11.5 Å². The normalized spacial score (nSPS) is 15.3. The number of nitrogens with one attached hydrogen (secondary N) is 10. The van der Waals surface area contributed by atoms with Gasteiger partial charge >= 0.3 is 11.9 Å². The highest BCUT2D eigenvalue weighted by Gasteiger charge is 2.37. The van der Waals surface area contributed by atoms with Crippen LogP contribution in [0.2, 0.25) is 0 Å². The number of aliphatic hydroxyl groups is 2. The van der Waals surface area contributed by atoms with Gasteiger partial charge in [-0.05, 0) is 72.4 Å². The van der Waals surface area contributed by atoms with Gasteiger partial charge in [0.05, 0.1) is 19.6 Å². The predicted octanol–water partition coefficient (Wildman–Crippen LogP) is -1.10. The Balaban J connectivity index is 1.42. The molecule has 1 fully saturated rings. The average molecular weight is 1270 g/mol. The van der Waals surface area contributed by atoms with Gasteiger partial charge in [-0.3, -0.25) is 52.9 Å². The van der Waals surface area contributed by atoms with Crippen LogP contribution in [0.3, 0.4) is 0 Å². The number of aliphatic hydroxyl groups excluding tert-OH is 2. The minimum absolute atomic E-state index is 0.0301. The number of carbonyl (C=O) groups is 11. The highest BCUT2D eigenvalue weighted by molar-refractivity contribution is 5.99. The number of hydrogen-bond donors (Lipinski definition) is 17. The largest absolute Gasteiger partial charge is 0.508 e. The highest BCUT2D eigenvalue weighted by Crippen LogP contribution is 2.28. The topological polar surface area (TPSA) is 477 Å². The van der Waals surface area contributed by atoms with E-state index in [9.17, 15) is 78.3 Å². The molecule has 0 radical (unpaired) electrons. The Morgan fingerprint density at radius 1 is 0.549 bits per heavy atom. The molecule has 4 aromatic rings. The number of para-hydroxylation sites is 1. The minimum Gasteiger partial charge on any atom is -0.508 e. The number of aromatic hydroxyl groups is 1. The van der Waals surface area contributed by atoms with Gasteiger partial charge in [0.25, 0.3) is 0 Å².